The molecule has 3 aromatic rings. The van der Waals surface area contributed by atoms with Gasteiger partial charge in [0, 0.05) is 38.4 Å². The Bertz CT molecular complexity index is 1080. The predicted molar refractivity (Wildman–Crippen MR) is 128 cm³/mol. The first-order valence-electron chi connectivity index (χ1n) is 11.3. The lowest BCUT2D eigenvalue weighted by molar-refractivity contribution is -0.134. The van der Waals surface area contributed by atoms with Gasteiger partial charge in [-0.15, -0.1) is 0 Å². The standard InChI is InChI=1S/C27H29N3O3/c1-3-29-15-16-30(26(31)23-13-14-25(33-2)28-18-23)19-24(27(29)32)17-20-9-11-22(12-10-20)21-7-5-4-6-8-21/h4-14,18,24H,3,15-17,19H2,1-2H3. The number of methoxy groups -OCH3 is 1. The van der Waals surface area contributed by atoms with E-state index in [4.69, 9.17) is 4.74 Å². The van der Waals surface area contributed by atoms with E-state index in [1.807, 2.05) is 30.0 Å². The molecule has 170 valence electrons. The number of carbonyl (C=O) groups excluding carboxylic acids is 2. The molecule has 1 unspecified atom stereocenters. The largest absolute Gasteiger partial charge is 0.481 e. The second kappa shape index (κ2) is 10.3. The van der Waals surface area contributed by atoms with E-state index in [9.17, 15) is 9.59 Å². The Morgan fingerprint density at radius 1 is 1.00 bits per heavy atom. The number of aromatic nitrogens is 1. The van der Waals surface area contributed by atoms with Crippen molar-refractivity contribution in [3.05, 3.63) is 84.1 Å². The van der Waals surface area contributed by atoms with Crippen LogP contribution in [0.2, 0.25) is 0 Å². The van der Waals surface area contributed by atoms with Crippen LogP contribution >= 0.6 is 0 Å². The lowest BCUT2D eigenvalue weighted by Gasteiger charge is -2.23. The van der Waals surface area contributed by atoms with E-state index in [0.29, 0.717) is 44.0 Å². The summed E-state index contributed by atoms with van der Waals surface area (Å²) < 4.78 is 5.09. The van der Waals surface area contributed by atoms with Gasteiger partial charge in [-0.2, -0.15) is 0 Å². The zero-order valence-corrected chi connectivity index (χ0v) is 19.1. The molecule has 0 aliphatic carbocycles. The van der Waals surface area contributed by atoms with Crippen molar-refractivity contribution in [2.75, 3.05) is 33.3 Å². The molecule has 33 heavy (non-hydrogen) atoms. The van der Waals surface area contributed by atoms with E-state index in [1.165, 1.54) is 6.20 Å². The molecule has 2 amide bonds. The quantitative estimate of drug-likeness (QED) is 0.579. The van der Waals surface area contributed by atoms with Crippen LogP contribution in [0.3, 0.4) is 0 Å². The summed E-state index contributed by atoms with van der Waals surface area (Å²) in [6, 6.07) is 22.0. The number of ether oxygens (including phenoxy) is 1. The molecule has 4 rings (SSSR count). The number of benzene rings is 2. The van der Waals surface area contributed by atoms with Crippen molar-refractivity contribution in [1.82, 2.24) is 14.8 Å². The summed E-state index contributed by atoms with van der Waals surface area (Å²) in [6.45, 7) is 4.05. The molecule has 0 saturated carbocycles. The van der Waals surface area contributed by atoms with Gasteiger partial charge in [0.15, 0.2) is 0 Å². The van der Waals surface area contributed by atoms with Gasteiger partial charge in [-0.25, -0.2) is 4.98 Å². The van der Waals surface area contributed by atoms with Crippen molar-refractivity contribution in [3.63, 3.8) is 0 Å². The van der Waals surface area contributed by atoms with Crippen LogP contribution in [-0.2, 0) is 11.2 Å². The zero-order chi connectivity index (χ0) is 23.2. The van der Waals surface area contributed by atoms with Crippen LogP contribution in [-0.4, -0.2) is 59.9 Å². The van der Waals surface area contributed by atoms with Gasteiger partial charge < -0.3 is 14.5 Å². The van der Waals surface area contributed by atoms with Crippen molar-refractivity contribution < 1.29 is 14.3 Å². The Labute approximate surface area is 194 Å². The smallest absolute Gasteiger partial charge is 0.255 e. The lowest BCUT2D eigenvalue weighted by atomic mass is 9.95. The van der Waals surface area contributed by atoms with Crippen LogP contribution < -0.4 is 4.74 Å². The van der Waals surface area contributed by atoms with Gasteiger partial charge in [0.25, 0.3) is 5.91 Å². The molecule has 0 bridgehead atoms. The summed E-state index contributed by atoms with van der Waals surface area (Å²) in [4.78, 5) is 34.2. The summed E-state index contributed by atoms with van der Waals surface area (Å²) >= 11 is 0. The van der Waals surface area contributed by atoms with E-state index in [0.717, 1.165) is 16.7 Å². The second-order valence-electron chi connectivity index (χ2n) is 8.22. The van der Waals surface area contributed by atoms with Gasteiger partial charge >= 0.3 is 0 Å². The summed E-state index contributed by atoms with van der Waals surface area (Å²) in [5.41, 5.74) is 3.89. The molecule has 1 aromatic heterocycles. The Hall–Kier alpha value is -3.67. The van der Waals surface area contributed by atoms with Crippen molar-refractivity contribution in [1.29, 1.82) is 0 Å². The highest BCUT2D eigenvalue weighted by Crippen LogP contribution is 2.23. The third-order valence-corrected chi connectivity index (χ3v) is 6.15. The number of hydrogen-bond acceptors (Lipinski definition) is 4. The molecular formula is C27H29N3O3. The highest BCUT2D eigenvalue weighted by molar-refractivity contribution is 5.94. The highest BCUT2D eigenvalue weighted by atomic mass is 16.5. The minimum absolute atomic E-state index is 0.104. The summed E-state index contributed by atoms with van der Waals surface area (Å²) in [7, 11) is 1.54. The fourth-order valence-electron chi connectivity index (χ4n) is 4.25. The molecule has 2 aromatic carbocycles. The predicted octanol–water partition coefficient (Wildman–Crippen LogP) is 3.92. The summed E-state index contributed by atoms with van der Waals surface area (Å²) in [5.74, 6) is 0.171. The van der Waals surface area contributed by atoms with Crippen molar-refractivity contribution in [2.24, 2.45) is 5.92 Å². The van der Waals surface area contributed by atoms with E-state index in [1.54, 1.807) is 24.1 Å². The number of pyridine rings is 1. The average molecular weight is 444 g/mol. The Morgan fingerprint density at radius 3 is 2.36 bits per heavy atom. The second-order valence-corrected chi connectivity index (χ2v) is 8.22. The fraction of sp³-hybridized carbons (Fsp3) is 0.296. The molecule has 1 aliphatic rings. The topological polar surface area (TPSA) is 62.7 Å². The van der Waals surface area contributed by atoms with E-state index in [2.05, 4.69) is 41.4 Å². The normalized spacial score (nSPS) is 16.4. The number of carbonyl (C=O) groups is 2. The Morgan fingerprint density at radius 2 is 1.73 bits per heavy atom. The van der Waals surface area contributed by atoms with Crippen LogP contribution in [0.25, 0.3) is 11.1 Å². The van der Waals surface area contributed by atoms with Crippen LogP contribution in [0.5, 0.6) is 5.88 Å². The third-order valence-electron chi connectivity index (χ3n) is 6.15. The minimum atomic E-state index is -0.287. The molecule has 0 radical (unpaired) electrons. The Kier molecular flexibility index (Phi) is 7.03. The van der Waals surface area contributed by atoms with E-state index < -0.39 is 0 Å². The first kappa shape index (κ1) is 22.5. The van der Waals surface area contributed by atoms with Crippen molar-refractivity contribution in [3.8, 4) is 17.0 Å². The maximum absolute atomic E-state index is 13.2. The first-order chi connectivity index (χ1) is 16.1. The SMILES string of the molecule is CCN1CCN(C(=O)c2ccc(OC)nc2)CC(Cc2ccc(-c3ccccc3)cc2)C1=O. The molecule has 0 N–H and O–H groups in total. The van der Waals surface area contributed by atoms with Gasteiger partial charge in [0.1, 0.15) is 0 Å². The lowest BCUT2D eigenvalue weighted by Crippen LogP contribution is -2.38. The van der Waals surface area contributed by atoms with Crippen LogP contribution in [0, 0.1) is 5.92 Å². The third kappa shape index (κ3) is 5.22. The minimum Gasteiger partial charge on any atom is -0.481 e. The summed E-state index contributed by atoms with van der Waals surface area (Å²) in [5, 5.41) is 0. The van der Waals surface area contributed by atoms with E-state index in [-0.39, 0.29) is 17.7 Å². The fourth-order valence-corrected chi connectivity index (χ4v) is 4.25. The van der Waals surface area contributed by atoms with E-state index >= 15 is 0 Å². The number of rotatable bonds is 6. The maximum atomic E-state index is 13.2. The molecular weight excluding hydrogens is 414 g/mol. The van der Waals surface area contributed by atoms with Gasteiger partial charge in [-0.05, 0) is 36.1 Å². The molecule has 6 nitrogen and oxygen atoms in total. The molecule has 0 spiro atoms. The zero-order valence-electron chi connectivity index (χ0n) is 19.1. The van der Waals surface area contributed by atoms with Crippen molar-refractivity contribution in [2.45, 2.75) is 13.3 Å². The monoisotopic (exact) mass is 443 g/mol. The molecule has 1 atom stereocenters. The van der Waals surface area contributed by atoms with Crippen molar-refractivity contribution >= 4 is 11.8 Å². The molecule has 1 fully saturated rings. The first-order valence-corrected chi connectivity index (χ1v) is 11.3. The van der Waals surface area contributed by atoms with Crippen LogP contribution in [0.4, 0.5) is 0 Å². The Balaban J connectivity index is 1.52. The number of nitrogens with zero attached hydrogens (tertiary/aromatic N) is 3. The molecule has 2 heterocycles. The number of hydrogen-bond donors (Lipinski definition) is 0. The molecule has 6 heteroatoms. The van der Waals surface area contributed by atoms with Gasteiger partial charge in [-0.1, -0.05) is 54.6 Å². The molecule has 1 aliphatic heterocycles. The van der Waals surface area contributed by atoms with Crippen LogP contribution in [0.15, 0.2) is 72.9 Å². The van der Waals surface area contributed by atoms with Gasteiger partial charge in [0.2, 0.25) is 11.8 Å². The number of likely N-dealkylation sites (N-methyl/N-ethyl adjacent to an activating group) is 1. The van der Waals surface area contributed by atoms with Gasteiger partial charge in [0.05, 0.1) is 18.6 Å². The molecule has 1 saturated heterocycles. The average Bonchev–Trinajstić information content (AvgIpc) is 3.03. The highest BCUT2D eigenvalue weighted by Gasteiger charge is 2.32. The van der Waals surface area contributed by atoms with Gasteiger partial charge in [-0.3, -0.25) is 9.59 Å². The van der Waals surface area contributed by atoms with Crippen LogP contribution in [0.1, 0.15) is 22.8 Å². The maximum Gasteiger partial charge on any atom is 0.255 e. The summed E-state index contributed by atoms with van der Waals surface area (Å²) in [6.07, 6.45) is 2.12. The number of amides is 2.